The van der Waals surface area contributed by atoms with Gasteiger partial charge in [0.25, 0.3) is 5.91 Å². The fourth-order valence-corrected chi connectivity index (χ4v) is 3.27. The van der Waals surface area contributed by atoms with Crippen LogP contribution >= 0.6 is 0 Å². The van der Waals surface area contributed by atoms with Crippen LogP contribution in [0.3, 0.4) is 0 Å². The highest BCUT2D eigenvalue weighted by Crippen LogP contribution is 2.24. The van der Waals surface area contributed by atoms with Gasteiger partial charge in [-0.05, 0) is 30.3 Å². The largest absolute Gasteiger partial charge is 0.320 e. The van der Waals surface area contributed by atoms with Gasteiger partial charge in [-0.3, -0.25) is 9.78 Å². The van der Waals surface area contributed by atoms with E-state index >= 15 is 0 Å². The molecule has 144 valence electrons. The molecule has 0 saturated heterocycles. The predicted octanol–water partition coefficient (Wildman–Crippen LogP) is 3.71. The molecule has 0 atom stereocenters. The average Bonchev–Trinajstić information content (AvgIpc) is 3.36. The molecule has 0 bridgehead atoms. The van der Waals surface area contributed by atoms with Gasteiger partial charge in [-0.1, -0.05) is 36.4 Å². The van der Waals surface area contributed by atoms with Crippen LogP contribution in [-0.4, -0.2) is 32.6 Å². The van der Waals surface area contributed by atoms with Crippen LogP contribution in [0.1, 0.15) is 11.1 Å². The summed E-state index contributed by atoms with van der Waals surface area (Å²) in [5.41, 5.74) is 5.06. The van der Waals surface area contributed by atoms with E-state index in [9.17, 15) is 4.79 Å². The number of carbonyl (C=O) groups is 1. The summed E-state index contributed by atoms with van der Waals surface area (Å²) in [5, 5.41) is 15.9. The van der Waals surface area contributed by atoms with E-state index in [0.29, 0.717) is 5.71 Å². The van der Waals surface area contributed by atoms with Crippen LogP contribution in [0.4, 0.5) is 5.69 Å². The lowest BCUT2D eigenvalue weighted by Crippen LogP contribution is -2.13. The van der Waals surface area contributed by atoms with Crippen LogP contribution in [0.15, 0.2) is 95.5 Å². The van der Waals surface area contributed by atoms with E-state index in [1.165, 1.54) is 0 Å². The zero-order valence-corrected chi connectivity index (χ0v) is 15.8. The number of para-hydroxylation sites is 2. The van der Waals surface area contributed by atoms with Gasteiger partial charge in [0.1, 0.15) is 5.69 Å². The summed E-state index contributed by atoms with van der Waals surface area (Å²) in [6.45, 7) is 0. The number of nitrogens with one attached hydrogen (secondary N) is 1. The molecule has 4 aromatic rings. The Balaban J connectivity index is 1.54. The minimum atomic E-state index is -0.263. The topological polar surface area (TPSA) is 84.5 Å². The van der Waals surface area contributed by atoms with Crippen LogP contribution in [0, 0.1) is 0 Å². The second kappa shape index (κ2) is 7.56. The van der Waals surface area contributed by atoms with Gasteiger partial charge >= 0.3 is 0 Å². The Kier molecular flexibility index (Phi) is 4.46. The van der Waals surface area contributed by atoms with E-state index < -0.39 is 0 Å². The molecule has 0 aliphatic carbocycles. The van der Waals surface area contributed by atoms with Gasteiger partial charge < -0.3 is 5.32 Å². The Morgan fingerprint density at radius 3 is 2.63 bits per heavy atom. The van der Waals surface area contributed by atoms with Crippen molar-refractivity contribution in [1.82, 2.24) is 14.8 Å². The highest BCUT2D eigenvalue weighted by Gasteiger charge is 2.25. The molecule has 0 spiro atoms. The molecule has 1 N–H and O–H groups in total. The Labute approximate surface area is 172 Å². The Morgan fingerprint density at radius 2 is 1.80 bits per heavy atom. The summed E-state index contributed by atoms with van der Waals surface area (Å²) in [6.07, 6.45) is 6.95. The van der Waals surface area contributed by atoms with Crippen molar-refractivity contribution in [1.29, 1.82) is 0 Å². The van der Waals surface area contributed by atoms with E-state index in [-0.39, 0.29) is 5.91 Å². The van der Waals surface area contributed by atoms with Crippen molar-refractivity contribution in [3.63, 3.8) is 0 Å². The van der Waals surface area contributed by atoms with Gasteiger partial charge in [0, 0.05) is 35.3 Å². The number of benzene rings is 2. The fourth-order valence-electron chi connectivity index (χ4n) is 3.27. The summed E-state index contributed by atoms with van der Waals surface area (Å²) < 4.78 is 1.79. The van der Waals surface area contributed by atoms with Gasteiger partial charge in [0.05, 0.1) is 17.6 Å². The molecule has 2 aromatic carbocycles. The number of hydrogen-bond acceptors (Lipinski definition) is 5. The molecule has 1 aliphatic rings. The SMILES string of the molecule is O=C1Nc2ccccc2/C1=N/N=Cc1cn(-c2ccccc2)nc1-c1cccnc1. The third kappa shape index (κ3) is 3.29. The molecule has 0 radical (unpaired) electrons. The maximum Gasteiger partial charge on any atom is 0.276 e. The summed E-state index contributed by atoms with van der Waals surface area (Å²) >= 11 is 0. The first-order valence-electron chi connectivity index (χ1n) is 9.37. The number of nitrogens with zero attached hydrogens (tertiary/aromatic N) is 5. The lowest BCUT2D eigenvalue weighted by molar-refractivity contribution is -0.110. The third-order valence-corrected chi connectivity index (χ3v) is 4.70. The van der Waals surface area contributed by atoms with Gasteiger partial charge in [-0.2, -0.15) is 10.2 Å². The number of hydrogen-bond donors (Lipinski definition) is 1. The van der Waals surface area contributed by atoms with Gasteiger partial charge in [0.2, 0.25) is 0 Å². The molecule has 30 heavy (non-hydrogen) atoms. The summed E-state index contributed by atoms with van der Waals surface area (Å²) in [5.74, 6) is -0.263. The smallest absolute Gasteiger partial charge is 0.276 e. The Bertz CT molecular complexity index is 1280. The molecule has 0 fully saturated rings. The quantitative estimate of drug-likeness (QED) is 0.424. The van der Waals surface area contributed by atoms with Crippen LogP contribution in [0.2, 0.25) is 0 Å². The van der Waals surface area contributed by atoms with Crippen molar-refractivity contribution < 1.29 is 4.79 Å². The first kappa shape index (κ1) is 17.7. The van der Waals surface area contributed by atoms with Crippen LogP contribution in [-0.2, 0) is 4.79 Å². The second-order valence-electron chi connectivity index (χ2n) is 6.65. The molecular formula is C23H16N6O. The van der Waals surface area contributed by atoms with Gasteiger partial charge in [-0.25, -0.2) is 4.68 Å². The second-order valence-corrected chi connectivity index (χ2v) is 6.65. The standard InChI is InChI=1S/C23H16N6O/c30-23-22(19-10-4-5-11-20(19)26-23)27-25-14-17-15-29(18-8-2-1-3-9-18)28-21(17)16-7-6-12-24-13-16/h1-15H,(H,26,27,30). The zero-order valence-electron chi connectivity index (χ0n) is 15.8. The first-order chi connectivity index (χ1) is 14.8. The minimum Gasteiger partial charge on any atom is -0.320 e. The lowest BCUT2D eigenvalue weighted by atomic mass is 10.1. The number of carbonyl (C=O) groups excluding carboxylic acids is 1. The highest BCUT2D eigenvalue weighted by atomic mass is 16.2. The molecule has 1 aliphatic heterocycles. The van der Waals surface area contributed by atoms with E-state index in [1.807, 2.05) is 72.9 Å². The number of anilines is 1. The lowest BCUT2D eigenvalue weighted by Gasteiger charge is -1.99. The van der Waals surface area contributed by atoms with E-state index in [2.05, 4.69) is 20.5 Å². The molecule has 2 aromatic heterocycles. The average molecular weight is 392 g/mol. The molecule has 7 nitrogen and oxygen atoms in total. The molecule has 0 saturated carbocycles. The van der Waals surface area contributed by atoms with Gasteiger partial charge in [-0.15, -0.1) is 5.10 Å². The first-order valence-corrected chi connectivity index (χ1v) is 9.37. The van der Waals surface area contributed by atoms with Crippen molar-refractivity contribution in [2.45, 2.75) is 0 Å². The third-order valence-electron chi connectivity index (χ3n) is 4.70. The maximum absolute atomic E-state index is 12.2. The number of pyridine rings is 1. The fraction of sp³-hybridized carbons (Fsp3) is 0. The molecule has 5 rings (SSSR count). The summed E-state index contributed by atoms with van der Waals surface area (Å²) in [4.78, 5) is 16.4. The monoisotopic (exact) mass is 392 g/mol. The normalized spacial score (nSPS) is 14.3. The number of fused-ring (bicyclic) bond motifs is 1. The number of amides is 1. The number of aromatic nitrogens is 3. The molecule has 7 heteroatoms. The summed E-state index contributed by atoms with van der Waals surface area (Å²) in [7, 11) is 0. The molecule has 1 amide bonds. The van der Waals surface area contributed by atoms with Crippen LogP contribution in [0.25, 0.3) is 16.9 Å². The van der Waals surface area contributed by atoms with E-state index in [4.69, 9.17) is 5.10 Å². The minimum absolute atomic E-state index is 0.263. The summed E-state index contributed by atoms with van der Waals surface area (Å²) in [6, 6.07) is 21.0. The van der Waals surface area contributed by atoms with E-state index in [0.717, 1.165) is 33.8 Å². The van der Waals surface area contributed by atoms with Crippen molar-refractivity contribution in [2.24, 2.45) is 10.2 Å². The number of rotatable bonds is 4. The van der Waals surface area contributed by atoms with Crippen LogP contribution < -0.4 is 5.32 Å². The van der Waals surface area contributed by atoms with Crippen molar-refractivity contribution in [3.05, 3.63) is 96.4 Å². The van der Waals surface area contributed by atoms with E-state index in [1.54, 1.807) is 23.3 Å². The van der Waals surface area contributed by atoms with Crippen LogP contribution in [0.5, 0.6) is 0 Å². The molecule has 3 heterocycles. The van der Waals surface area contributed by atoms with Crippen molar-refractivity contribution >= 4 is 23.5 Å². The van der Waals surface area contributed by atoms with Crippen molar-refractivity contribution in [2.75, 3.05) is 5.32 Å². The zero-order chi connectivity index (χ0) is 20.3. The van der Waals surface area contributed by atoms with Crippen molar-refractivity contribution in [3.8, 4) is 16.9 Å². The highest BCUT2D eigenvalue weighted by molar-refractivity contribution is 6.53. The Morgan fingerprint density at radius 1 is 0.967 bits per heavy atom. The maximum atomic E-state index is 12.2. The predicted molar refractivity (Wildman–Crippen MR) is 116 cm³/mol. The molecule has 0 unspecified atom stereocenters. The van der Waals surface area contributed by atoms with Gasteiger partial charge in [0.15, 0.2) is 5.71 Å². The Hall–Kier alpha value is -4.39. The molecular weight excluding hydrogens is 376 g/mol.